The molecule has 0 aromatic heterocycles. The van der Waals surface area contributed by atoms with Gasteiger partial charge in [-0.3, -0.25) is 4.79 Å². The van der Waals surface area contributed by atoms with Crippen molar-refractivity contribution >= 4 is 11.9 Å². The van der Waals surface area contributed by atoms with Crippen LogP contribution in [0.5, 0.6) is 5.75 Å². The van der Waals surface area contributed by atoms with Crippen LogP contribution in [0.2, 0.25) is 0 Å². The molecule has 0 fully saturated rings. The smallest absolute Gasteiger partial charge is 0.416 e. The van der Waals surface area contributed by atoms with Gasteiger partial charge in [0.2, 0.25) is 0 Å². The third kappa shape index (κ3) is 6.49. The first-order chi connectivity index (χ1) is 13.3. The molecule has 0 atom stereocenters. The average Bonchev–Trinajstić information content (AvgIpc) is 2.69. The van der Waals surface area contributed by atoms with Gasteiger partial charge in [-0.25, -0.2) is 4.79 Å². The quantitative estimate of drug-likeness (QED) is 0.631. The molecule has 2 aromatic carbocycles. The molecule has 0 unspecified atom stereocenters. The van der Waals surface area contributed by atoms with Crippen molar-refractivity contribution in [2.45, 2.75) is 12.7 Å². The number of benzene rings is 2. The number of nitrogens with one attached hydrogen (secondary N) is 3. The summed E-state index contributed by atoms with van der Waals surface area (Å²) in [5.41, 5.74) is 0.230. The fourth-order valence-corrected chi connectivity index (χ4v) is 2.27. The zero-order chi connectivity index (χ0) is 20.6. The molecule has 6 nitrogen and oxygen atoms in total. The van der Waals surface area contributed by atoms with Crippen LogP contribution in [0, 0.1) is 0 Å². The zero-order valence-electron chi connectivity index (χ0n) is 15.1. The number of alkyl halides is 3. The van der Waals surface area contributed by atoms with Crippen molar-refractivity contribution in [2.24, 2.45) is 0 Å². The van der Waals surface area contributed by atoms with Crippen molar-refractivity contribution < 1.29 is 27.5 Å². The molecule has 0 radical (unpaired) electrons. The predicted octanol–water partition coefficient (Wildman–Crippen LogP) is 2.94. The normalized spacial score (nSPS) is 10.9. The molecule has 0 aliphatic rings. The maximum atomic E-state index is 12.5. The minimum Gasteiger partial charge on any atom is -0.497 e. The minimum atomic E-state index is -4.39. The molecule has 0 spiro atoms. The highest BCUT2D eigenvalue weighted by Gasteiger charge is 2.29. The van der Waals surface area contributed by atoms with E-state index in [1.165, 1.54) is 19.2 Å². The first-order valence-corrected chi connectivity index (χ1v) is 8.39. The van der Waals surface area contributed by atoms with Gasteiger partial charge in [-0.15, -0.1) is 0 Å². The molecule has 28 heavy (non-hydrogen) atoms. The van der Waals surface area contributed by atoms with Gasteiger partial charge in [0.15, 0.2) is 0 Å². The highest BCUT2D eigenvalue weighted by Crippen LogP contribution is 2.29. The molecule has 2 aromatic rings. The summed E-state index contributed by atoms with van der Waals surface area (Å²) in [5.74, 6) is 0.263. The molecule has 3 N–H and O–H groups in total. The summed E-state index contributed by atoms with van der Waals surface area (Å²) in [7, 11) is 1.50. The molecule has 0 aliphatic carbocycles. The number of carbonyl (C=O) groups excluding carboxylic acids is 2. The monoisotopic (exact) mass is 395 g/mol. The molecule has 9 heteroatoms. The SMILES string of the molecule is COc1cccc(C(=O)NCCNC(=O)NCc2ccc(C(F)(F)F)cc2)c1. The molecule has 3 amide bonds. The second-order valence-electron chi connectivity index (χ2n) is 5.79. The van der Waals surface area contributed by atoms with E-state index in [0.29, 0.717) is 16.9 Å². The number of rotatable bonds is 7. The van der Waals surface area contributed by atoms with Crippen LogP contribution in [-0.4, -0.2) is 32.1 Å². The fourth-order valence-electron chi connectivity index (χ4n) is 2.27. The number of carbonyl (C=O) groups is 2. The lowest BCUT2D eigenvalue weighted by molar-refractivity contribution is -0.137. The van der Waals surface area contributed by atoms with Crippen LogP contribution < -0.4 is 20.7 Å². The molecule has 0 bridgehead atoms. The highest BCUT2D eigenvalue weighted by atomic mass is 19.4. The fraction of sp³-hybridized carbons (Fsp3) is 0.263. The summed E-state index contributed by atoms with van der Waals surface area (Å²) in [6.07, 6.45) is -4.39. The Morgan fingerprint density at radius 2 is 1.64 bits per heavy atom. The number of urea groups is 1. The Morgan fingerprint density at radius 3 is 2.29 bits per heavy atom. The summed E-state index contributed by atoms with van der Waals surface area (Å²) < 4.78 is 42.5. The summed E-state index contributed by atoms with van der Waals surface area (Å²) in [4.78, 5) is 23.7. The van der Waals surface area contributed by atoms with Gasteiger partial charge in [0.25, 0.3) is 5.91 Å². The van der Waals surface area contributed by atoms with Crippen LogP contribution in [-0.2, 0) is 12.7 Å². The average molecular weight is 395 g/mol. The molecular weight excluding hydrogens is 375 g/mol. The summed E-state index contributed by atoms with van der Waals surface area (Å²) >= 11 is 0. The van der Waals surface area contributed by atoms with E-state index >= 15 is 0 Å². The Bertz CT molecular complexity index is 808. The lowest BCUT2D eigenvalue weighted by atomic mass is 10.1. The Balaban J connectivity index is 1.68. The van der Waals surface area contributed by atoms with Crippen LogP contribution in [0.15, 0.2) is 48.5 Å². The van der Waals surface area contributed by atoms with Crippen LogP contribution in [0.1, 0.15) is 21.5 Å². The number of methoxy groups -OCH3 is 1. The van der Waals surface area contributed by atoms with E-state index < -0.39 is 17.8 Å². The van der Waals surface area contributed by atoms with E-state index in [1.807, 2.05) is 0 Å². The largest absolute Gasteiger partial charge is 0.497 e. The topological polar surface area (TPSA) is 79.5 Å². The van der Waals surface area contributed by atoms with Crippen molar-refractivity contribution in [3.63, 3.8) is 0 Å². The van der Waals surface area contributed by atoms with Gasteiger partial charge in [-0.05, 0) is 35.9 Å². The van der Waals surface area contributed by atoms with Crippen molar-refractivity contribution in [2.75, 3.05) is 20.2 Å². The number of hydrogen-bond acceptors (Lipinski definition) is 3. The highest BCUT2D eigenvalue weighted by molar-refractivity contribution is 5.94. The van der Waals surface area contributed by atoms with Crippen molar-refractivity contribution in [1.82, 2.24) is 16.0 Å². The third-order valence-corrected chi connectivity index (χ3v) is 3.76. The van der Waals surface area contributed by atoms with Gasteiger partial charge in [0.05, 0.1) is 12.7 Å². The Morgan fingerprint density at radius 1 is 0.964 bits per heavy atom. The predicted molar refractivity (Wildman–Crippen MR) is 97.0 cm³/mol. The van der Waals surface area contributed by atoms with E-state index in [1.54, 1.807) is 24.3 Å². The van der Waals surface area contributed by atoms with Crippen LogP contribution >= 0.6 is 0 Å². The van der Waals surface area contributed by atoms with Gasteiger partial charge >= 0.3 is 12.2 Å². The standard InChI is InChI=1S/C19H20F3N3O3/c1-28-16-4-2-3-14(11-16)17(26)23-9-10-24-18(27)25-12-13-5-7-15(8-6-13)19(20,21)22/h2-8,11H,9-10,12H2,1H3,(H,23,26)(H2,24,25,27). The number of ether oxygens (including phenoxy) is 1. The molecule has 0 saturated heterocycles. The van der Waals surface area contributed by atoms with Gasteiger partial charge < -0.3 is 20.7 Å². The first kappa shape index (κ1) is 21.1. The maximum absolute atomic E-state index is 12.5. The zero-order valence-corrected chi connectivity index (χ0v) is 15.1. The lowest BCUT2D eigenvalue weighted by Crippen LogP contribution is -2.40. The van der Waals surface area contributed by atoms with E-state index in [2.05, 4.69) is 16.0 Å². The second kappa shape index (κ2) is 9.63. The Kier molecular flexibility index (Phi) is 7.25. The Labute approximate surface area is 160 Å². The van der Waals surface area contributed by atoms with E-state index in [0.717, 1.165) is 12.1 Å². The summed E-state index contributed by atoms with van der Waals surface area (Å²) in [5, 5.41) is 7.74. The second-order valence-corrected chi connectivity index (χ2v) is 5.79. The van der Waals surface area contributed by atoms with Crippen LogP contribution in [0.25, 0.3) is 0 Å². The summed E-state index contributed by atoms with van der Waals surface area (Å²) in [6.45, 7) is 0.485. The Hall–Kier alpha value is -3.23. The summed E-state index contributed by atoms with van der Waals surface area (Å²) in [6, 6.07) is 10.7. The van der Waals surface area contributed by atoms with Gasteiger partial charge in [0, 0.05) is 25.2 Å². The minimum absolute atomic E-state index is 0.0835. The van der Waals surface area contributed by atoms with Gasteiger partial charge in [-0.1, -0.05) is 18.2 Å². The molecular formula is C19H20F3N3O3. The van der Waals surface area contributed by atoms with Crippen molar-refractivity contribution in [1.29, 1.82) is 0 Å². The van der Waals surface area contributed by atoms with Crippen molar-refractivity contribution in [3.8, 4) is 5.75 Å². The number of amides is 3. The molecule has 2 rings (SSSR count). The molecule has 0 aliphatic heterocycles. The van der Waals surface area contributed by atoms with E-state index in [-0.39, 0.29) is 25.5 Å². The van der Waals surface area contributed by atoms with Crippen LogP contribution in [0.4, 0.5) is 18.0 Å². The maximum Gasteiger partial charge on any atom is 0.416 e. The lowest BCUT2D eigenvalue weighted by Gasteiger charge is -2.10. The molecule has 150 valence electrons. The third-order valence-electron chi connectivity index (χ3n) is 3.76. The van der Waals surface area contributed by atoms with E-state index in [4.69, 9.17) is 4.74 Å². The molecule has 0 saturated carbocycles. The first-order valence-electron chi connectivity index (χ1n) is 8.39. The van der Waals surface area contributed by atoms with E-state index in [9.17, 15) is 22.8 Å². The number of hydrogen-bond donors (Lipinski definition) is 3. The molecule has 0 heterocycles. The van der Waals surface area contributed by atoms with Gasteiger partial charge in [-0.2, -0.15) is 13.2 Å². The number of halogens is 3. The van der Waals surface area contributed by atoms with Crippen molar-refractivity contribution in [3.05, 3.63) is 65.2 Å². The van der Waals surface area contributed by atoms with Gasteiger partial charge in [0.1, 0.15) is 5.75 Å². The van der Waals surface area contributed by atoms with Crippen LogP contribution in [0.3, 0.4) is 0 Å².